The molecule has 2 saturated heterocycles. The van der Waals surface area contributed by atoms with Gasteiger partial charge in [-0.05, 0) is 67.9 Å². The Kier molecular flexibility index (Phi) is 9.92. The first-order valence-electron chi connectivity index (χ1n) is 15.0. The summed E-state index contributed by atoms with van der Waals surface area (Å²) in [4.78, 5) is 42.5. The van der Waals surface area contributed by atoms with Crippen LogP contribution >= 0.6 is 0 Å². The van der Waals surface area contributed by atoms with Crippen molar-refractivity contribution in [1.82, 2.24) is 15.5 Å². The molecule has 3 aliphatic heterocycles. The zero-order chi connectivity index (χ0) is 29.4. The highest BCUT2D eigenvalue weighted by Gasteiger charge is 2.41. The third-order valence-electron chi connectivity index (χ3n) is 8.84. The Hall–Kier alpha value is -3.69. The number of ether oxygens (including phenoxy) is 2. The summed E-state index contributed by atoms with van der Waals surface area (Å²) in [5.41, 5.74) is 1.14. The minimum absolute atomic E-state index is 0.0466. The summed E-state index contributed by atoms with van der Waals surface area (Å²) in [6, 6.07) is 16.4. The van der Waals surface area contributed by atoms with Crippen LogP contribution in [0.3, 0.4) is 0 Å². The van der Waals surface area contributed by atoms with E-state index < -0.39 is 11.5 Å². The second-order valence-corrected chi connectivity index (χ2v) is 11.7. The minimum Gasteiger partial charge on any atom is -0.497 e. The van der Waals surface area contributed by atoms with Crippen molar-refractivity contribution in [3.63, 3.8) is 0 Å². The molecule has 3 amide bonds. The lowest BCUT2D eigenvalue weighted by Gasteiger charge is -2.40. The normalized spacial score (nSPS) is 25.6. The largest absolute Gasteiger partial charge is 0.497 e. The molecule has 9 heteroatoms. The maximum absolute atomic E-state index is 13.8. The third kappa shape index (κ3) is 7.57. The highest BCUT2D eigenvalue weighted by Crippen LogP contribution is 2.36. The number of benzene rings is 2. The number of likely N-dealkylation sites (tertiary alicyclic amines) is 1. The predicted octanol–water partition coefficient (Wildman–Crippen LogP) is 3.31. The van der Waals surface area contributed by atoms with Crippen LogP contribution in [0.25, 0.3) is 0 Å². The molecule has 42 heavy (non-hydrogen) atoms. The fourth-order valence-electron chi connectivity index (χ4n) is 6.28. The second-order valence-electron chi connectivity index (χ2n) is 11.7. The van der Waals surface area contributed by atoms with Crippen molar-refractivity contribution in [1.29, 1.82) is 0 Å². The highest BCUT2D eigenvalue weighted by atomic mass is 16.5. The van der Waals surface area contributed by atoms with E-state index in [1.165, 1.54) is 0 Å². The van der Waals surface area contributed by atoms with Crippen molar-refractivity contribution >= 4 is 23.4 Å². The number of hydrogen-bond donors (Lipinski definition) is 3. The number of fused-ring (bicyclic) bond motifs is 1. The van der Waals surface area contributed by atoms with E-state index in [4.69, 9.17) is 9.47 Å². The van der Waals surface area contributed by atoms with Gasteiger partial charge in [-0.1, -0.05) is 42.5 Å². The van der Waals surface area contributed by atoms with Gasteiger partial charge in [-0.2, -0.15) is 0 Å². The van der Waals surface area contributed by atoms with E-state index in [1.54, 1.807) is 7.11 Å². The Labute approximate surface area is 248 Å². The Morgan fingerprint density at radius 1 is 1.05 bits per heavy atom. The first-order chi connectivity index (χ1) is 20.4. The van der Waals surface area contributed by atoms with E-state index in [0.717, 1.165) is 29.8 Å². The van der Waals surface area contributed by atoms with Crippen LogP contribution in [-0.4, -0.2) is 74.7 Å². The minimum atomic E-state index is -0.669. The molecule has 0 unspecified atom stereocenters. The number of hydrogen-bond acceptors (Lipinski definition) is 6. The van der Waals surface area contributed by atoms with Crippen LogP contribution in [0.2, 0.25) is 0 Å². The van der Waals surface area contributed by atoms with Crippen molar-refractivity contribution in [2.24, 2.45) is 11.3 Å². The van der Waals surface area contributed by atoms with E-state index in [0.29, 0.717) is 52.0 Å². The maximum atomic E-state index is 13.8. The van der Waals surface area contributed by atoms with Gasteiger partial charge in [-0.25, -0.2) is 0 Å². The summed E-state index contributed by atoms with van der Waals surface area (Å²) in [5.74, 6) is 0.589. The van der Waals surface area contributed by atoms with Crippen LogP contribution in [0.15, 0.2) is 66.7 Å². The van der Waals surface area contributed by atoms with Gasteiger partial charge in [0, 0.05) is 44.5 Å². The van der Waals surface area contributed by atoms with E-state index >= 15 is 0 Å². The first-order valence-corrected chi connectivity index (χ1v) is 15.0. The number of amides is 3. The molecule has 2 fully saturated rings. The fourth-order valence-corrected chi connectivity index (χ4v) is 6.28. The standard InChI is InChI=1S/C33H42N4O5/c1-41-27-12-10-26(11-13-27)34-30(38)23-37-18-14-28-25(22-37)9-5-6-15-33(16-19-42-20-17-33)32(40)36-29(31(39)35-28)21-24-7-3-2-4-8-24/h2-8,10-13,25,28-29H,9,14-23H2,1H3,(H,34,38)(H,35,39)(H,36,40)/b6-5+/t25-,28+,29+/m0/s1. The molecule has 0 bridgehead atoms. The van der Waals surface area contributed by atoms with E-state index in [9.17, 15) is 14.4 Å². The Morgan fingerprint density at radius 2 is 1.81 bits per heavy atom. The third-order valence-corrected chi connectivity index (χ3v) is 8.84. The second kappa shape index (κ2) is 14.0. The van der Waals surface area contributed by atoms with Crippen LogP contribution in [0, 0.1) is 11.3 Å². The number of anilines is 1. The van der Waals surface area contributed by atoms with Gasteiger partial charge in [-0.3, -0.25) is 19.3 Å². The van der Waals surface area contributed by atoms with E-state index in [1.807, 2.05) is 54.6 Å². The molecular weight excluding hydrogens is 532 g/mol. The highest BCUT2D eigenvalue weighted by molar-refractivity contribution is 5.92. The van der Waals surface area contributed by atoms with E-state index in [2.05, 4.69) is 33.0 Å². The molecule has 5 rings (SSSR count). The van der Waals surface area contributed by atoms with Crippen molar-refractivity contribution in [2.75, 3.05) is 45.3 Å². The summed E-state index contributed by atoms with van der Waals surface area (Å²) in [6.45, 7) is 2.74. The monoisotopic (exact) mass is 574 g/mol. The Bertz CT molecular complexity index is 1240. The number of piperidine rings is 1. The van der Waals surface area contributed by atoms with Crippen LogP contribution in [-0.2, 0) is 25.5 Å². The quantitative estimate of drug-likeness (QED) is 0.457. The summed E-state index contributed by atoms with van der Waals surface area (Å²) >= 11 is 0. The smallest absolute Gasteiger partial charge is 0.243 e. The molecule has 0 saturated carbocycles. The molecule has 3 heterocycles. The molecule has 2 aromatic carbocycles. The lowest BCUT2D eigenvalue weighted by atomic mass is 9.75. The summed E-state index contributed by atoms with van der Waals surface area (Å²) < 4.78 is 10.8. The number of nitrogens with one attached hydrogen (secondary N) is 3. The number of methoxy groups -OCH3 is 1. The number of nitrogens with zero attached hydrogens (tertiary/aromatic N) is 1. The average Bonchev–Trinajstić information content (AvgIpc) is 3.01. The first kappa shape index (κ1) is 29.8. The lowest BCUT2D eigenvalue weighted by Crippen LogP contribution is -2.58. The average molecular weight is 575 g/mol. The molecular formula is C33H42N4O5. The molecule has 224 valence electrons. The molecule has 3 aliphatic rings. The Morgan fingerprint density at radius 3 is 2.55 bits per heavy atom. The number of carbonyl (C=O) groups excluding carboxylic acids is 3. The van der Waals surface area contributed by atoms with Crippen LogP contribution in [0.4, 0.5) is 5.69 Å². The van der Waals surface area contributed by atoms with E-state index in [-0.39, 0.29) is 36.2 Å². The zero-order valence-electron chi connectivity index (χ0n) is 24.3. The van der Waals surface area contributed by atoms with Crippen molar-refractivity contribution in [3.8, 4) is 5.75 Å². The van der Waals surface area contributed by atoms with Crippen molar-refractivity contribution < 1.29 is 23.9 Å². The molecule has 0 aromatic heterocycles. The fraction of sp³-hybridized carbons (Fsp3) is 0.485. The molecule has 9 nitrogen and oxygen atoms in total. The van der Waals surface area contributed by atoms with Crippen LogP contribution in [0.1, 0.15) is 37.7 Å². The van der Waals surface area contributed by atoms with Crippen LogP contribution in [0.5, 0.6) is 5.75 Å². The van der Waals surface area contributed by atoms with Gasteiger partial charge in [0.05, 0.1) is 19.1 Å². The predicted molar refractivity (Wildman–Crippen MR) is 161 cm³/mol. The molecule has 0 radical (unpaired) electrons. The van der Waals surface area contributed by atoms with Crippen molar-refractivity contribution in [2.45, 2.75) is 50.6 Å². The van der Waals surface area contributed by atoms with Crippen molar-refractivity contribution in [3.05, 3.63) is 72.3 Å². The van der Waals surface area contributed by atoms with Gasteiger partial charge in [0.2, 0.25) is 17.7 Å². The van der Waals surface area contributed by atoms with Crippen LogP contribution < -0.4 is 20.7 Å². The molecule has 3 atom stereocenters. The Balaban J connectivity index is 1.29. The molecule has 1 spiro atoms. The van der Waals surface area contributed by atoms with Gasteiger partial charge in [0.1, 0.15) is 11.8 Å². The van der Waals surface area contributed by atoms with Gasteiger partial charge in [0.25, 0.3) is 0 Å². The zero-order valence-corrected chi connectivity index (χ0v) is 24.3. The van der Waals surface area contributed by atoms with Gasteiger partial charge in [-0.15, -0.1) is 0 Å². The SMILES string of the molecule is COc1ccc(NC(=O)CN2CC[C@H]3NC(=O)[C@@H](Cc4ccccc4)NC(=O)C4(C/C=C/C[C@H]3C2)CCOCC4)cc1. The summed E-state index contributed by atoms with van der Waals surface area (Å²) in [6.07, 6.45) is 8.08. The summed E-state index contributed by atoms with van der Waals surface area (Å²) in [5, 5.41) is 9.41. The molecule has 3 N–H and O–H groups in total. The topological polar surface area (TPSA) is 109 Å². The van der Waals surface area contributed by atoms with Gasteiger partial charge in [0.15, 0.2) is 0 Å². The molecule has 2 aromatic rings. The van der Waals surface area contributed by atoms with Gasteiger partial charge >= 0.3 is 0 Å². The lowest BCUT2D eigenvalue weighted by molar-refractivity contribution is -0.140. The number of carbonyl (C=O) groups is 3. The summed E-state index contributed by atoms with van der Waals surface area (Å²) in [7, 11) is 1.61. The molecule has 0 aliphatic carbocycles. The number of rotatable bonds is 6. The number of allylic oxidation sites excluding steroid dienone is 2. The van der Waals surface area contributed by atoms with Gasteiger partial charge < -0.3 is 25.4 Å². The maximum Gasteiger partial charge on any atom is 0.243 e.